The summed E-state index contributed by atoms with van der Waals surface area (Å²) in [5, 5.41) is 11.1. The van der Waals surface area contributed by atoms with E-state index in [9.17, 15) is 18.3 Å². The van der Waals surface area contributed by atoms with Crippen LogP contribution in [0, 0.1) is 0 Å². The predicted molar refractivity (Wildman–Crippen MR) is 98.2 cm³/mol. The smallest absolute Gasteiger partial charge is 0.416 e. The van der Waals surface area contributed by atoms with Gasteiger partial charge in [-0.2, -0.15) is 13.2 Å². The number of hydrogen-bond acceptors (Lipinski definition) is 3. The number of aromatic hydroxyl groups is 1. The first-order valence-electron chi connectivity index (χ1n) is 7.92. The van der Waals surface area contributed by atoms with Crippen LogP contribution in [0.5, 0.6) is 5.75 Å². The van der Waals surface area contributed by atoms with E-state index in [1.807, 2.05) is 36.4 Å². The van der Waals surface area contributed by atoms with Gasteiger partial charge in [0.25, 0.3) is 0 Å². The van der Waals surface area contributed by atoms with Crippen LogP contribution in [0.3, 0.4) is 0 Å². The Labute approximate surface area is 152 Å². The van der Waals surface area contributed by atoms with Gasteiger partial charge in [0.1, 0.15) is 5.75 Å². The van der Waals surface area contributed by atoms with Crippen molar-refractivity contribution in [1.29, 1.82) is 0 Å². The summed E-state index contributed by atoms with van der Waals surface area (Å²) in [7, 11) is 0. The summed E-state index contributed by atoms with van der Waals surface area (Å²) in [4.78, 5) is 0.635. The normalized spacial score (nSPS) is 16.0. The molecule has 0 fully saturated rings. The predicted octanol–water partition coefficient (Wildman–Crippen LogP) is 5.88. The molecule has 132 valence electrons. The molecule has 0 bridgehead atoms. The maximum absolute atomic E-state index is 13.0. The molecule has 0 saturated carbocycles. The van der Waals surface area contributed by atoms with E-state index in [-0.39, 0.29) is 22.8 Å². The molecule has 6 heteroatoms. The molecule has 3 N–H and O–H groups in total. The van der Waals surface area contributed by atoms with Gasteiger partial charge in [0.05, 0.1) is 21.0 Å². The highest BCUT2D eigenvalue weighted by molar-refractivity contribution is 7.17. The molecule has 0 aliphatic heterocycles. The minimum Gasteiger partial charge on any atom is -0.506 e. The maximum atomic E-state index is 13.0. The quantitative estimate of drug-likeness (QED) is 0.589. The number of fused-ring (bicyclic) bond motifs is 1. The van der Waals surface area contributed by atoms with Crippen molar-refractivity contribution in [3.63, 3.8) is 0 Å². The van der Waals surface area contributed by atoms with Gasteiger partial charge in [0, 0.05) is 5.92 Å². The van der Waals surface area contributed by atoms with Gasteiger partial charge in [0.2, 0.25) is 0 Å². The molecule has 1 aromatic heterocycles. The number of anilines is 1. The van der Waals surface area contributed by atoms with Crippen molar-refractivity contribution in [2.75, 3.05) is 5.73 Å². The molecule has 26 heavy (non-hydrogen) atoms. The van der Waals surface area contributed by atoms with Crippen molar-refractivity contribution >= 4 is 22.4 Å². The van der Waals surface area contributed by atoms with Crippen LogP contribution in [0.4, 0.5) is 18.2 Å². The SMILES string of the molecule is Nc1sc(C2C=Cc3ccccc32)c(O)c1-c1cccc(C(F)(F)F)c1. The van der Waals surface area contributed by atoms with Crippen LogP contribution in [0.15, 0.2) is 54.6 Å². The van der Waals surface area contributed by atoms with Gasteiger partial charge in [-0.1, -0.05) is 48.6 Å². The number of alkyl halides is 3. The van der Waals surface area contributed by atoms with Crippen molar-refractivity contribution in [3.8, 4) is 16.9 Å². The van der Waals surface area contributed by atoms with Crippen molar-refractivity contribution < 1.29 is 18.3 Å². The Balaban J connectivity index is 1.81. The minimum absolute atomic E-state index is 0.0572. The molecule has 4 rings (SSSR count). The largest absolute Gasteiger partial charge is 0.506 e. The number of thiophene rings is 1. The second-order valence-electron chi connectivity index (χ2n) is 6.10. The lowest BCUT2D eigenvalue weighted by atomic mass is 9.96. The number of nitrogen functional groups attached to an aromatic ring is 1. The minimum atomic E-state index is -4.45. The molecule has 1 aliphatic carbocycles. The molecule has 1 aliphatic rings. The molecule has 2 nitrogen and oxygen atoms in total. The summed E-state index contributed by atoms with van der Waals surface area (Å²) in [6.45, 7) is 0. The van der Waals surface area contributed by atoms with Crippen LogP contribution in [-0.4, -0.2) is 5.11 Å². The van der Waals surface area contributed by atoms with Crippen LogP contribution in [0.2, 0.25) is 0 Å². The zero-order chi connectivity index (χ0) is 18.5. The molecule has 1 unspecified atom stereocenters. The molecular weight excluding hydrogens is 359 g/mol. The third kappa shape index (κ3) is 2.66. The molecule has 3 aromatic rings. The van der Waals surface area contributed by atoms with E-state index >= 15 is 0 Å². The zero-order valence-electron chi connectivity index (χ0n) is 13.4. The fourth-order valence-electron chi connectivity index (χ4n) is 3.28. The Hall–Kier alpha value is -2.73. The van der Waals surface area contributed by atoms with E-state index in [4.69, 9.17) is 5.73 Å². The third-order valence-electron chi connectivity index (χ3n) is 4.50. The summed E-state index contributed by atoms with van der Waals surface area (Å²) >= 11 is 1.21. The summed E-state index contributed by atoms with van der Waals surface area (Å²) in [6, 6.07) is 12.7. The first-order chi connectivity index (χ1) is 12.4. The van der Waals surface area contributed by atoms with Crippen molar-refractivity contribution in [2.24, 2.45) is 0 Å². The zero-order valence-corrected chi connectivity index (χ0v) is 14.2. The maximum Gasteiger partial charge on any atom is 0.416 e. The van der Waals surface area contributed by atoms with Gasteiger partial charge in [-0.05, 0) is 28.8 Å². The summed E-state index contributed by atoms with van der Waals surface area (Å²) < 4.78 is 39.0. The Morgan fingerprint density at radius 1 is 1.04 bits per heavy atom. The molecule has 0 amide bonds. The van der Waals surface area contributed by atoms with E-state index < -0.39 is 11.7 Å². The van der Waals surface area contributed by atoms with Crippen LogP contribution >= 0.6 is 11.3 Å². The second kappa shape index (κ2) is 5.92. The molecule has 0 spiro atoms. The fourth-order valence-corrected chi connectivity index (χ4v) is 4.36. The van der Waals surface area contributed by atoms with Gasteiger partial charge < -0.3 is 10.8 Å². The van der Waals surface area contributed by atoms with Crippen molar-refractivity contribution in [3.05, 3.63) is 76.2 Å². The highest BCUT2D eigenvalue weighted by Gasteiger charge is 2.32. The number of halogens is 3. The third-order valence-corrected chi connectivity index (χ3v) is 5.59. The average Bonchev–Trinajstić information content (AvgIpc) is 3.15. The lowest BCUT2D eigenvalue weighted by Gasteiger charge is -2.11. The Kier molecular flexibility index (Phi) is 3.80. The molecular formula is C20H14F3NOS. The summed E-state index contributed by atoms with van der Waals surface area (Å²) in [6.07, 6.45) is -0.517. The topological polar surface area (TPSA) is 46.2 Å². The van der Waals surface area contributed by atoms with Crippen molar-refractivity contribution in [1.82, 2.24) is 0 Å². The van der Waals surface area contributed by atoms with E-state index in [1.165, 1.54) is 23.5 Å². The fraction of sp³-hybridized carbons (Fsp3) is 0.100. The summed E-state index contributed by atoms with van der Waals surface area (Å²) in [5.41, 5.74) is 7.92. The number of hydrogen-bond donors (Lipinski definition) is 2. The molecule has 2 aromatic carbocycles. The van der Waals surface area contributed by atoms with E-state index in [2.05, 4.69) is 0 Å². The first kappa shape index (κ1) is 16.7. The van der Waals surface area contributed by atoms with Crippen molar-refractivity contribution in [2.45, 2.75) is 12.1 Å². The highest BCUT2D eigenvalue weighted by atomic mass is 32.1. The van der Waals surface area contributed by atoms with Gasteiger partial charge >= 0.3 is 6.18 Å². The Morgan fingerprint density at radius 2 is 1.81 bits per heavy atom. The van der Waals surface area contributed by atoms with E-state index in [0.717, 1.165) is 23.3 Å². The number of benzene rings is 2. The lowest BCUT2D eigenvalue weighted by molar-refractivity contribution is -0.137. The van der Waals surface area contributed by atoms with Gasteiger partial charge in [-0.15, -0.1) is 11.3 Å². The molecule has 1 heterocycles. The van der Waals surface area contributed by atoms with E-state index in [1.54, 1.807) is 0 Å². The van der Waals surface area contributed by atoms with Crippen LogP contribution < -0.4 is 5.73 Å². The van der Waals surface area contributed by atoms with Gasteiger partial charge in [0.15, 0.2) is 0 Å². The van der Waals surface area contributed by atoms with Crippen LogP contribution in [0.1, 0.15) is 27.5 Å². The van der Waals surface area contributed by atoms with Gasteiger partial charge in [-0.25, -0.2) is 0 Å². The average molecular weight is 373 g/mol. The highest BCUT2D eigenvalue weighted by Crippen LogP contribution is 2.51. The van der Waals surface area contributed by atoms with Gasteiger partial charge in [-0.3, -0.25) is 0 Å². The first-order valence-corrected chi connectivity index (χ1v) is 8.74. The Morgan fingerprint density at radius 3 is 2.58 bits per heavy atom. The van der Waals surface area contributed by atoms with E-state index in [0.29, 0.717) is 9.88 Å². The molecule has 0 saturated heterocycles. The molecule has 0 radical (unpaired) electrons. The van der Waals surface area contributed by atoms with Crippen LogP contribution in [0.25, 0.3) is 17.2 Å². The molecule has 1 atom stereocenters. The Bertz CT molecular complexity index is 1020. The summed E-state index contributed by atoms with van der Waals surface area (Å²) in [5.74, 6) is -0.212. The van der Waals surface area contributed by atoms with Crippen LogP contribution in [-0.2, 0) is 6.18 Å². The number of allylic oxidation sites excluding steroid dienone is 1. The second-order valence-corrected chi connectivity index (χ2v) is 7.18. The lowest BCUT2D eigenvalue weighted by Crippen LogP contribution is -2.04. The monoisotopic (exact) mass is 373 g/mol. The standard InChI is InChI=1S/C20H14F3NOS/c21-20(22,23)13-6-3-5-12(10-13)16-17(25)18(26-19(16)24)15-9-8-11-4-1-2-7-14(11)15/h1-10,15,25H,24H2. The number of rotatable bonds is 2. The number of nitrogens with two attached hydrogens (primary N) is 1.